The maximum atomic E-state index is 11.1. The van der Waals surface area contributed by atoms with Crippen molar-refractivity contribution in [2.75, 3.05) is 20.7 Å². The molecule has 1 amide bonds. The third-order valence-electron chi connectivity index (χ3n) is 2.16. The second-order valence-electron chi connectivity index (χ2n) is 3.03. The van der Waals surface area contributed by atoms with Gasteiger partial charge in [-0.1, -0.05) is 0 Å². The number of amides is 1. The van der Waals surface area contributed by atoms with Crippen LogP contribution in [0.3, 0.4) is 0 Å². The maximum absolute atomic E-state index is 11.1. The summed E-state index contributed by atoms with van der Waals surface area (Å²) in [5.74, 6) is -0.234. The Hall–Kier alpha value is -1.06. The first-order valence-corrected chi connectivity index (χ1v) is 3.97. The second kappa shape index (κ2) is 3.56. The Kier molecular flexibility index (Phi) is 2.68. The molecular weight excluding hydrogens is 158 g/mol. The monoisotopic (exact) mass is 171 g/mol. The van der Waals surface area contributed by atoms with E-state index in [0.717, 1.165) is 0 Å². The van der Waals surface area contributed by atoms with E-state index in [1.807, 2.05) is 0 Å². The van der Waals surface area contributed by atoms with Crippen molar-refractivity contribution >= 4 is 11.9 Å². The van der Waals surface area contributed by atoms with Crippen molar-refractivity contribution in [3.8, 4) is 0 Å². The third kappa shape index (κ3) is 1.75. The Bertz CT molecular complexity index is 202. The minimum Gasteiger partial charge on any atom is -0.469 e. The number of piperidine rings is 1. The van der Waals surface area contributed by atoms with Gasteiger partial charge in [0, 0.05) is 20.0 Å². The number of methoxy groups -OCH3 is 1. The molecule has 1 atom stereocenters. The van der Waals surface area contributed by atoms with Gasteiger partial charge >= 0.3 is 5.97 Å². The molecule has 4 nitrogen and oxygen atoms in total. The highest BCUT2D eigenvalue weighted by Gasteiger charge is 2.28. The highest BCUT2D eigenvalue weighted by Crippen LogP contribution is 2.16. The van der Waals surface area contributed by atoms with Gasteiger partial charge in [0.25, 0.3) is 0 Å². The Labute approximate surface area is 71.5 Å². The summed E-state index contributed by atoms with van der Waals surface area (Å²) in [6.07, 6.45) is 1.08. The fourth-order valence-corrected chi connectivity index (χ4v) is 1.37. The molecule has 0 bridgehead atoms. The molecule has 0 saturated carbocycles. The van der Waals surface area contributed by atoms with E-state index >= 15 is 0 Å². The molecule has 68 valence electrons. The first kappa shape index (κ1) is 9.03. The lowest BCUT2D eigenvalue weighted by molar-refractivity contribution is -0.149. The summed E-state index contributed by atoms with van der Waals surface area (Å²) in [6.45, 7) is 0.492. The zero-order chi connectivity index (χ0) is 9.14. The Morgan fingerprint density at radius 2 is 2.33 bits per heavy atom. The van der Waals surface area contributed by atoms with Gasteiger partial charge in [0.2, 0.25) is 5.91 Å². The lowest BCUT2D eigenvalue weighted by Crippen LogP contribution is -2.40. The zero-order valence-corrected chi connectivity index (χ0v) is 7.37. The molecule has 1 saturated heterocycles. The van der Waals surface area contributed by atoms with Gasteiger partial charge in [0.1, 0.15) is 0 Å². The molecule has 0 aromatic rings. The van der Waals surface area contributed by atoms with Gasteiger partial charge in [-0.25, -0.2) is 0 Å². The van der Waals surface area contributed by atoms with Crippen LogP contribution in [0, 0.1) is 5.92 Å². The van der Waals surface area contributed by atoms with Crippen LogP contribution in [0.25, 0.3) is 0 Å². The van der Waals surface area contributed by atoms with Crippen LogP contribution in [0.1, 0.15) is 12.8 Å². The molecule has 1 heterocycles. The number of hydrogen-bond acceptors (Lipinski definition) is 3. The molecule has 0 aliphatic carbocycles. The molecule has 4 heteroatoms. The lowest BCUT2D eigenvalue weighted by atomic mass is 9.98. The Morgan fingerprint density at radius 3 is 2.83 bits per heavy atom. The van der Waals surface area contributed by atoms with Gasteiger partial charge in [-0.3, -0.25) is 9.59 Å². The summed E-state index contributed by atoms with van der Waals surface area (Å²) in [6, 6.07) is 0. The first-order chi connectivity index (χ1) is 5.65. The van der Waals surface area contributed by atoms with Crippen LogP contribution >= 0.6 is 0 Å². The molecule has 0 N–H and O–H groups in total. The molecule has 0 spiro atoms. The average Bonchev–Trinajstić information content (AvgIpc) is 2.08. The Morgan fingerprint density at radius 1 is 1.67 bits per heavy atom. The number of esters is 1. The predicted octanol–water partition coefficient (Wildman–Crippen LogP) is 0.0278. The Balaban J connectivity index is 2.50. The number of likely N-dealkylation sites (tertiary alicyclic amines) is 1. The molecule has 0 aromatic carbocycles. The van der Waals surface area contributed by atoms with Crippen molar-refractivity contribution in [1.82, 2.24) is 4.90 Å². The van der Waals surface area contributed by atoms with Crippen molar-refractivity contribution < 1.29 is 14.3 Å². The molecule has 12 heavy (non-hydrogen) atoms. The number of rotatable bonds is 1. The molecule has 1 fully saturated rings. The molecule has 1 aliphatic rings. The van der Waals surface area contributed by atoms with Crippen molar-refractivity contribution in [2.45, 2.75) is 12.8 Å². The van der Waals surface area contributed by atoms with Crippen LogP contribution in [-0.2, 0) is 14.3 Å². The highest BCUT2D eigenvalue weighted by atomic mass is 16.5. The third-order valence-corrected chi connectivity index (χ3v) is 2.16. The quantitative estimate of drug-likeness (QED) is 0.523. The van der Waals surface area contributed by atoms with Gasteiger partial charge < -0.3 is 9.64 Å². The van der Waals surface area contributed by atoms with Crippen LogP contribution in [0.15, 0.2) is 0 Å². The van der Waals surface area contributed by atoms with Crippen molar-refractivity contribution in [3.63, 3.8) is 0 Å². The second-order valence-corrected chi connectivity index (χ2v) is 3.03. The smallest absolute Gasteiger partial charge is 0.310 e. The summed E-state index contributed by atoms with van der Waals surface area (Å²) in [5.41, 5.74) is 0. The molecule has 1 rings (SSSR count). The van der Waals surface area contributed by atoms with E-state index in [-0.39, 0.29) is 17.8 Å². The van der Waals surface area contributed by atoms with E-state index in [9.17, 15) is 9.59 Å². The van der Waals surface area contributed by atoms with Gasteiger partial charge in [0.15, 0.2) is 0 Å². The fraction of sp³-hybridized carbons (Fsp3) is 0.750. The van der Waals surface area contributed by atoms with Crippen LogP contribution in [-0.4, -0.2) is 37.5 Å². The molecule has 0 unspecified atom stereocenters. The van der Waals surface area contributed by atoms with Crippen LogP contribution < -0.4 is 0 Å². The van der Waals surface area contributed by atoms with Gasteiger partial charge in [-0.15, -0.1) is 0 Å². The van der Waals surface area contributed by atoms with Gasteiger partial charge in [-0.05, 0) is 6.42 Å². The summed E-state index contributed by atoms with van der Waals surface area (Å²) in [7, 11) is 3.08. The topological polar surface area (TPSA) is 46.6 Å². The van der Waals surface area contributed by atoms with Crippen LogP contribution in [0.5, 0.6) is 0 Å². The zero-order valence-electron chi connectivity index (χ0n) is 7.37. The SMILES string of the molecule is COC(=O)[C@@H]1CCC(=O)N(C)C1. The first-order valence-electron chi connectivity index (χ1n) is 3.97. The largest absolute Gasteiger partial charge is 0.469 e. The lowest BCUT2D eigenvalue weighted by Gasteiger charge is -2.27. The summed E-state index contributed by atoms with van der Waals surface area (Å²) < 4.78 is 4.60. The number of ether oxygens (including phenoxy) is 1. The number of nitrogens with zero attached hydrogens (tertiary/aromatic N) is 1. The summed E-state index contributed by atoms with van der Waals surface area (Å²) in [5, 5.41) is 0. The van der Waals surface area contributed by atoms with Gasteiger partial charge in [0.05, 0.1) is 13.0 Å². The number of hydrogen-bond donors (Lipinski definition) is 0. The minimum atomic E-state index is -0.214. The van der Waals surface area contributed by atoms with Crippen molar-refractivity contribution in [1.29, 1.82) is 0 Å². The van der Waals surface area contributed by atoms with Crippen LogP contribution in [0.4, 0.5) is 0 Å². The van der Waals surface area contributed by atoms with Gasteiger partial charge in [-0.2, -0.15) is 0 Å². The maximum Gasteiger partial charge on any atom is 0.310 e. The molecule has 0 radical (unpaired) electrons. The van der Waals surface area contributed by atoms with Crippen molar-refractivity contribution in [3.05, 3.63) is 0 Å². The number of carbonyl (C=O) groups is 2. The molecule has 1 aliphatic heterocycles. The van der Waals surface area contributed by atoms with E-state index in [2.05, 4.69) is 4.74 Å². The van der Waals surface area contributed by atoms with E-state index in [1.165, 1.54) is 7.11 Å². The van der Waals surface area contributed by atoms with E-state index in [4.69, 9.17) is 0 Å². The number of carbonyl (C=O) groups excluding carboxylic acids is 2. The average molecular weight is 171 g/mol. The standard InChI is InChI=1S/C8H13NO3/c1-9-5-6(8(11)12-2)3-4-7(9)10/h6H,3-5H2,1-2H3/t6-/m1/s1. The normalized spacial score (nSPS) is 24.0. The minimum absolute atomic E-state index is 0.107. The molecular formula is C8H13NO3. The van der Waals surface area contributed by atoms with Crippen molar-refractivity contribution in [2.24, 2.45) is 5.92 Å². The molecule has 0 aromatic heterocycles. The van der Waals surface area contributed by atoms with E-state index in [1.54, 1.807) is 11.9 Å². The summed E-state index contributed by atoms with van der Waals surface area (Å²) >= 11 is 0. The van der Waals surface area contributed by atoms with Crippen LogP contribution in [0.2, 0.25) is 0 Å². The fourth-order valence-electron chi connectivity index (χ4n) is 1.37. The van der Waals surface area contributed by atoms with E-state index in [0.29, 0.717) is 19.4 Å². The van der Waals surface area contributed by atoms with E-state index < -0.39 is 0 Å². The predicted molar refractivity (Wildman–Crippen MR) is 42.4 cm³/mol. The summed E-state index contributed by atoms with van der Waals surface area (Å²) in [4.78, 5) is 23.7. The highest BCUT2D eigenvalue weighted by molar-refractivity contribution is 5.80.